The molecule has 0 saturated heterocycles. The third-order valence-corrected chi connectivity index (χ3v) is 2.16. The summed E-state index contributed by atoms with van der Waals surface area (Å²) >= 11 is 0. The SMILES string of the molecule is Cc1ccc(NCC(O)C(F)(F)F)c(C#N)c1. The summed E-state index contributed by atoms with van der Waals surface area (Å²) in [6, 6.07) is 6.61. The number of hydrogen-bond acceptors (Lipinski definition) is 3. The maximum absolute atomic E-state index is 12.0. The van der Waals surface area contributed by atoms with Gasteiger partial charge in [-0.1, -0.05) is 6.07 Å². The fourth-order valence-electron chi connectivity index (χ4n) is 1.23. The Kier molecular flexibility index (Phi) is 3.97. The molecule has 2 N–H and O–H groups in total. The summed E-state index contributed by atoms with van der Waals surface area (Å²) in [7, 11) is 0. The second-order valence-electron chi connectivity index (χ2n) is 3.60. The van der Waals surface area contributed by atoms with Crippen molar-refractivity contribution in [3.63, 3.8) is 0 Å². The first-order valence-corrected chi connectivity index (χ1v) is 4.84. The maximum atomic E-state index is 12.0. The molecule has 0 amide bonds. The standard InChI is InChI=1S/C11H11F3N2O/c1-7-2-3-9(8(4-7)5-15)16-6-10(17)11(12,13)14/h2-4,10,16-17H,6H2,1H3. The zero-order valence-electron chi connectivity index (χ0n) is 9.04. The van der Waals surface area contributed by atoms with E-state index in [9.17, 15) is 13.2 Å². The molecule has 0 aromatic heterocycles. The second-order valence-corrected chi connectivity index (χ2v) is 3.60. The van der Waals surface area contributed by atoms with Crippen LogP contribution in [0.1, 0.15) is 11.1 Å². The van der Waals surface area contributed by atoms with Gasteiger partial charge < -0.3 is 10.4 Å². The Bertz CT molecular complexity index is 437. The van der Waals surface area contributed by atoms with Crippen LogP contribution in [0.3, 0.4) is 0 Å². The second kappa shape index (κ2) is 5.06. The van der Waals surface area contributed by atoms with Crippen LogP contribution in [0.2, 0.25) is 0 Å². The van der Waals surface area contributed by atoms with E-state index in [0.29, 0.717) is 0 Å². The van der Waals surface area contributed by atoms with Crippen molar-refractivity contribution in [3.05, 3.63) is 29.3 Å². The van der Waals surface area contributed by atoms with Crippen molar-refractivity contribution in [1.82, 2.24) is 0 Å². The molecule has 1 unspecified atom stereocenters. The minimum atomic E-state index is -4.66. The Balaban J connectivity index is 2.74. The molecule has 3 nitrogen and oxygen atoms in total. The summed E-state index contributed by atoms with van der Waals surface area (Å²) in [5.74, 6) is 0. The molecule has 0 aliphatic heterocycles. The molecule has 92 valence electrons. The number of benzene rings is 1. The molecule has 0 fully saturated rings. The minimum Gasteiger partial charge on any atom is -0.382 e. The summed E-state index contributed by atoms with van der Waals surface area (Å²) in [5.41, 5.74) is 1.37. The average Bonchev–Trinajstić information content (AvgIpc) is 2.25. The molecule has 1 aromatic rings. The first-order valence-electron chi connectivity index (χ1n) is 4.84. The van der Waals surface area contributed by atoms with Crippen molar-refractivity contribution >= 4 is 5.69 Å². The zero-order chi connectivity index (χ0) is 13.1. The van der Waals surface area contributed by atoms with Crippen molar-refractivity contribution in [2.75, 3.05) is 11.9 Å². The van der Waals surface area contributed by atoms with Crippen molar-refractivity contribution in [1.29, 1.82) is 5.26 Å². The molecular weight excluding hydrogens is 233 g/mol. The van der Waals surface area contributed by atoms with Gasteiger partial charge in [0.2, 0.25) is 0 Å². The molecule has 6 heteroatoms. The van der Waals surface area contributed by atoms with Gasteiger partial charge >= 0.3 is 6.18 Å². The van der Waals surface area contributed by atoms with E-state index in [1.54, 1.807) is 19.1 Å². The molecule has 0 aliphatic carbocycles. The van der Waals surface area contributed by atoms with E-state index in [1.807, 2.05) is 6.07 Å². The van der Waals surface area contributed by atoms with Gasteiger partial charge in [-0.15, -0.1) is 0 Å². The largest absolute Gasteiger partial charge is 0.416 e. The smallest absolute Gasteiger partial charge is 0.382 e. The molecule has 0 aliphatic rings. The van der Waals surface area contributed by atoms with E-state index in [1.165, 1.54) is 6.07 Å². The highest BCUT2D eigenvalue weighted by Gasteiger charge is 2.37. The number of aryl methyl sites for hydroxylation is 1. The van der Waals surface area contributed by atoms with Gasteiger partial charge in [0.25, 0.3) is 0 Å². The lowest BCUT2D eigenvalue weighted by atomic mass is 10.1. The van der Waals surface area contributed by atoms with Crippen molar-refractivity contribution in [3.8, 4) is 6.07 Å². The fourth-order valence-corrected chi connectivity index (χ4v) is 1.23. The van der Waals surface area contributed by atoms with Gasteiger partial charge in [-0.2, -0.15) is 18.4 Å². The van der Waals surface area contributed by atoms with Gasteiger partial charge in [0.15, 0.2) is 6.10 Å². The Labute approximate surface area is 96.5 Å². The number of nitriles is 1. The number of hydrogen-bond donors (Lipinski definition) is 2. The third-order valence-electron chi connectivity index (χ3n) is 2.16. The van der Waals surface area contributed by atoms with Gasteiger partial charge in [0.1, 0.15) is 6.07 Å². The van der Waals surface area contributed by atoms with Crippen molar-refractivity contribution in [2.45, 2.75) is 19.2 Å². The number of alkyl halides is 3. The van der Waals surface area contributed by atoms with Gasteiger partial charge in [-0.05, 0) is 24.6 Å². The minimum absolute atomic E-state index is 0.249. The van der Waals surface area contributed by atoms with Crippen LogP contribution < -0.4 is 5.32 Å². The van der Waals surface area contributed by atoms with E-state index < -0.39 is 18.8 Å². The Morgan fingerprint density at radius 1 is 1.47 bits per heavy atom. The van der Waals surface area contributed by atoms with Crippen LogP contribution in [0.4, 0.5) is 18.9 Å². The molecule has 0 bridgehead atoms. The van der Waals surface area contributed by atoms with Crippen LogP contribution in [0.15, 0.2) is 18.2 Å². The van der Waals surface area contributed by atoms with E-state index in [4.69, 9.17) is 10.4 Å². The average molecular weight is 244 g/mol. The van der Waals surface area contributed by atoms with E-state index in [2.05, 4.69) is 5.32 Å². The van der Waals surface area contributed by atoms with Gasteiger partial charge in [-0.25, -0.2) is 0 Å². The van der Waals surface area contributed by atoms with Crippen LogP contribution in [-0.2, 0) is 0 Å². The molecular formula is C11H11F3N2O. The fraction of sp³-hybridized carbons (Fsp3) is 0.364. The highest BCUT2D eigenvalue weighted by Crippen LogP contribution is 2.21. The Morgan fingerprint density at radius 2 is 2.12 bits per heavy atom. The molecule has 1 rings (SSSR count). The number of halogens is 3. The normalized spacial score (nSPS) is 12.9. The number of nitrogens with one attached hydrogen (secondary N) is 1. The Hall–Kier alpha value is -1.74. The molecule has 1 aromatic carbocycles. The van der Waals surface area contributed by atoms with Crippen molar-refractivity contribution < 1.29 is 18.3 Å². The summed E-state index contributed by atoms with van der Waals surface area (Å²) in [6.45, 7) is 1.09. The summed E-state index contributed by atoms with van der Waals surface area (Å²) in [4.78, 5) is 0. The first-order chi connectivity index (χ1) is 7.84. The highest BCUT2D eigenvalue weighted by molar-refractivity contribution is 5.58. The lowest BCUT2D eigenvalue weighted by Gasteiger charge is -2.16. The van der Waals surface area contributed by atoms with E-state index in [-0.39, 0.29) is 11.3 Å². The first kappa shape index (κ1) is 13.3. The maximum Gasteiger partial charge on any atom is 0.416 e. The molecule has 1 atom stereocenters. The lowest BCUT2D eigenvalue weighted by molar-refractivity contribution is -0.198. The molecule has 0 saturated carbocycles. The van der Waals surface area contributed by atoms with Gasteiger partial charge in [0.05, 0.1) is 11.3 Å². The van der Waals surface area contributed by atoms with Gasteiger partial charge in [0, 0.05) is 6.54 Å². The van der Waals surface area contributed by atoms with Crippen LogP contribution in [-0.4, -0.2) is 23.9 Å². The summed E-state index contributed by atoms with van der Waals surface area (Å²) < 4.78 is 36.1. The molecule has 17 heavy (non-hydrogen) atoms. The lowest BCUT2D eigenvalue weighted by Crippen LogP contribution is -2.35. The monoisotopic (exact) mass is 244 g/mol. The quantitative estimate of drug-likeness (QED) is 0.857. The van der Waals surface area contributed by atoms with Crippen LogP contribution >= 0.6 is 0 Å². The molecule has 0 spiro atoms. The van der Waals surface area contributed by atoms with E-state index in [0.717, 1.165) is 5.56 Å². The molecule has 0 radical (unpaired) electrons. The third kappa shape index (κ3) is 3.64. The predicted molar refractivity (Wildman–Crippen MR) is 56.4 cm³/mol. The van der Waals surface area contributed by atoms with Crippen LogP contribution in [0.25, 0.3) is 0 Å². The summed E-state index contributed by atoms with van der Waals surface area (Å²) in [5, 5.41) is 20.0. The van der Waals surface area contributed by atoms with Crippen LogP contribution in [0, 0.1) is 18.3 Å². The predicted octanol–water partition coefficient (Wildman–Crippen LogP) is 2.20. The summed E-state index contributed by atoms with van der Waals surface area (Å²) in [6.07, 6.45) is -7.11. The number of aliphatic hydroxyl groups excluding tert-OH is 1. The van der Waals surface area contributed by atoms with E-state index >= 15 is 0 Å². The molecule has 0 heterocycles. The number of rotatable bonds is 3. The Morgan fingerprint density at radius 3 is 2.65 bits per heavy atom. The highest BCUT2D eigenvalue weighted by atomic mass is 19.4. The number of nitrogens with zero attached hydrogens (tertiary/aromatic N) is 1. The van der Waals surface area contributed by atoms with Gasteiger partial charge in [-0.3, -0.25) is 0 Å². The zero-order valence-corrected chi connectivity index (χ0v) is 9.04. The number of anilines is 1. The van der Waals surface area contributed by atoms with Crippen molar-refractivity contribution in [2.24, 2.45) is 0 Å². The number of aliphatic hydroxyl groups is 1. The topological polar surface area (TPSA) is 56.0 Å². The van der Waals surface area contributed by atoms with Crippen LogP contribution in [0.5, 0.6) is 0 Å².